The average Bonchev–Trinajstić information content (AvgIpc) is 3.26. The molecule has 0 bridgehead atoms. The minimum Gasteiger partial charge on any atom is -0.462 e. The maximum Gasteiger partial charge on any atom is 0.302 e. The Kier molecular flexibility index (Phi) is 4.95. The summed E-state index contributed by atoms with van der Waals surface area (Å²) in [5.74, 6) is 0.296. The van der Waals surface area contributed by atoms with E-state index >= 15 is 0 Å². The maximum absolute atomic E-state index is 13.8. The molecule has 172 valence electrons. The Bertz CT molecular complexity index is 800. The number of fused-ring (bicyclic) bond motifs is 5. The van der Waals surface area contributed by atoms with Gasteiger partial charge in [-0.1, -0.05) is 13.8 Å². The monoisotopic (exact) mass is 432 g/mol. The third kappa shape index (κ3) is 3.00. The molecule has 4 aliphatic carbocycles. The second kappa shape index (κ2) is 7.11. The quantitative estimate of drug-likeness (QED) is 0.619. The number of ketones is 2. The van der Waals surface area contributed by atoms with Gasteiger partial charge in [0.2, 0.25) is 0 Å². The number of hydrogen-bond acceptors (Lipinski definition) is 6. The number of ether oxygens (including phenoxy) is 3. The van der Waals surface area contributed by atoms with E-state index in [2.05, 4.69) is 13.8 Å². The van der Waals surface area contributed by atoms with Gasteiger partial charge in [-0.2, -0.15) is 0 Å². The molecule has 1 aliphatic heterocycles. The van der Waals surface area contributed by atoms with Crippen LogP contribution in [0.3, 0.4) is 0 Å². The Balaban J connectivity index is 1.53. The number of esters is 1. The number of Topliss-reactive ketones (excluding diaryl/α,β-unsaturated/α-hetero) is 2. The Labute approximate surface area is 184 Å². The number of rotatable bonds is 2. The lowest BCUT2D eigenvalue weighted by atomic mass is 9.43. The Morgan fingerprint density at radius 1 is 1.00 bits per heavy atom. The summed E-state index contributed by atoms with van der Waals surface area (Å²) in [6.45, 7) is 8.61. The van der Waals surface area contributed by atoms with Crippen LogP contribution in [0.1, 0.15) is 72.6 Å². The molecule has 31 heavy (non-hydrogen) atoms. The zero-order valence-corrected chi connectivity index (χ0v) is 19.3. The van der Waals surface area contributed by atoms with E-state index < -0.39 is 11.2 Å². The Morgan fingerprint density at radius 2 is 1.71 bits per heavy atom. The van der Waals surface area contributed by atoms with Crippen molar-refractivity contribution in [3.8, 4) is 0 Å². The predicted octanol–water partition coefficient (Wildman–Crippen LogP) is 3.70. The van der Waals surface area contributed by atoms with E-state index in [-0.39, 0.29) is 53.2 Å². The van der Waals surface area contributed by atoms with Crippen LogP contribution in [0.15, 0.2) is 0 Å². The first-order valence-electron chi connectivity index (χ1n) is 12.1. The molecule has 0 aromatic heterocycles. The van der Waals surface area contributed by atoms with Gasteiger partial charge in [-0.3, -0.25) is 14.4 Å². The molecule has 5 fully saturated rings. The summed E-state index contributed by atoms with van der Waals surface area (Å²) in [5, 5.41) is 0. The summed E-state index contributed by atoms with van der Waals surface area (Å²) in [4.78, 5) is 38.4. The maximum atomic E-state index is 13.8. The molecule has 4 saturated carbocycles. The fourth-order valence-corrected chi connectivity index (χ4v) is 8.85. The molecule has 0 aromatic rings. The first-order chi connectivity index (χ1) is 14.6. The van der Waals surface area contributed by atoms with Crippen LogP contribution >= 0.6 is 0 Å². The normalized spacial score (nSPS) is 48.1. The molecule has 1 saturated heterocycles. The fourth-order valence-electron chi connectivity index (χ4n) is 8.85. The Morgan fingerprint density at radius 3 is 2.35 bits per heavy atom. The first-order valence-corrected chi connectivity index (χ1v) is 12.1. The molecule has 6 nitrogen and oxygen atoms in total. The van der Waals surface area contributed by atoms with Gasteiger partial charge in [0.1, 0.15) is 17.7 Å². The van der Waals surface area contributed by atoms with Crippen molar-refractivity contribution in [1.29, 1.82) is 0 Å². The van der Waals surface area contributed by atoms with Crippen molar-refractivity contribution in [2.24, 2.45) is 40.4 Å². The highest BCUT2D eigenvalue weighted by atomic mass is 16.7. The van der Waals surface area contributed by atoms with Crippen molar-refractivity contribution in [1.82, 2.24) is 0 Å². The lowest BCUT2D eigenvalue weighted by Gasteiger charge is -2.62. The van der Waals surface area contributed by atoms with Crippen LogP contribution in [0.25, 0.3) is 0 Å². The van der Waals surface area contributed by atoms with E-state index in [0.717, 1.165) is 32.1 Å². The summed E-state index contributed by atoms with van der Waals surface area (Å²) in [5.41, 5.74) is -0.702. The topological polar surface area (TPSA) is 78.9 Å². The molecule has 0 radical (unpaired) electrons. The minimum atomic E-state index is -0.749. The number of carbonyl (C=O) groups is 3. The minimum absolute atomic E-state index is 0.00480. The molecule has 1 heterocycles. The molecular formula is C25H36O6. The molecule has 0 unspecified atom stereocenters. The van der Waals surface area contributed by atoms with E-state index in [1.165, 1.54) is 6.92 Å². The van der Waals surface area contributed by atoms with Gasteiger partial charge in [-0.25, -0.2) is 0 Å². The summed E-state index contributed by atoms with van der Waals surface area (Å²) < 4.78 is 17.8. The van der Waals surface area contributed by atoms with Gasteiger partial charge in [0.15, 0.2) is 5.79 Å². The molecule has 5 rings (SSSR count). The molecular weight excluding hydrogens is 396 g/mol. The summed E-state index contributed by atoms with van der Waals surface area (Å²) in [6.07, 6.45) is 5.29. The lowest BCUT2D eigenvalue weighted by Crippen LogP contribution is -2.64. The van der Waals surface area contributed by atoms with Crippen LogP contribution in [0, 0.1) is 40.4 Å². The Hall–Kier alpha value is -1.27. The van der Waals surface area contributed by atoms with Gasteiger partial charge in [0, 0.05) is 30.6 Å². The van der Waals surface area contributed by atoms with Crippen LogP contribution < -0.4 is 0 Å². The average molecular weight is 433 g/mol. The van der Waals surface area contributed by atoms with Crippen LogP contribution in [0.4, 0.5) is 0 Å². The van der Waals surface area contributed by atoms with Crippen molar-refractivity contribution in [2.75, 3.05) is 13.2 Å². The van der Waals surface area contributed by atoms with E-state index in [1.54, 1.807) is 6.92 Å². The zero-order chi connectivity index (χ0) is 22.2. The number of hydrogen-bond donors (Lipinski definition) is 0. The highest BCUT2D eigenvalue weighted by molar-refractivity contribution is 5.87. The molecule has 0 aromatic carbocycles. The van der Waals surface area contributed by atoms with Gasteiger partial charge in [-0.05, 0) is 62.2 Å². The first kappa shape index (κ1) is 21.6. The third-order valence-corrected chi connectivity index (χ3v) is 10.0. The van der Waals surface area contributed by atoms with Crippen molar-refractivity contribution in [2.45, 2.75) is 84.5 Å². The standard InChI is InChI=1S/C25H36O6/c1-14(26)18-7-8-19-17-6-5-16-11-25(29-9-10-30-25)13-21(28)24(16,4)22(17)20(31-15(2)27)12-23(18,19)3/h16-20,22H,5-13H2,1-4H3/t16-,17+,18-,19+,20-,22-,23+,24+/m0/s1. The van der Waals surface area contributed by atoms with E-state index in [9.17, 15) is 14.4 Å². The SMILES string of the molecule is CC(=O)O[C@H]1C[C@@]2(C)[C@H](CC[C@H]2C(C)=O)[C@H]2CC[C@H]3CC4(CC(=O)[C@]3(C)[C@@H]21)OCCO4. The molecule has 1 spiro atoms. The molecule has 0 amide bonds. The van der Waals surface area contributed by atoms with Crippen LogP contribution in [-0.4, -0.2) is 42.6 Å². The molecule has 6 heteroatoms. The van der Waals surface area contributed by atoms with E-state index in [0.29, 0.717) is 31.5 Å². The van der Waals surface area contributed by atoms with Crippen molar-refractivity contribution in [3.63, 3.8) is 0 Å². The summed E-state index contributed by atoms with van der Waals surface area (Å²) >= 11 is 0. The highest BCUT2D eigenvalue weighted by Gasteiger charge is 2.68. The predicted molar refractivity (Wildman–Crippen MR) is 112 cm³/mol. The summed E-state index contributed by atoms with van der Waals surface area (Å²) in [7, 11) is 0. The lowest BCUT2D eigenvalue weighted by molar-refractivity contribution is -0.234. The molecule has 5 aliphatic rings. The van der Waals surface area contributed by atoms with E-state index in [1.807, 2.05) is 0 Å². The highest BCUT2D eigenvalue weighted by Crippen LogP contribution is 2.68. The molecule has 8 atom stereocenters. The molecule has 0 N–H and O–H groups in total. The smallest absolute Gasteiger partial charge is 0.302 e. The van der Waals surface area contributed by atoms with Crippen molar-refractivity contribution in [3.05, 3.63) is 0 Å². The van der Waals surface area contributed by atoms with Gasteiger partial charge in [0.25, 0.3) is 0 Å². The van der Waals surface area contributed by atoms with Crippen molar-refractivity contribution < 1.29 is 28.6 Å². The third-order valence-electron chi connectivity index (χ3n) is 10.0. The largest absolute Gasteiger partial charge is 0.462 e. The van der Waals surface area contributed by atoms with Crippen LogP contribution in [-0.2, 0) is 28.6 Å². The van der Waals surface area contributed by atoms with Gasteiger partial charge >= 0.3 is 5.97 Å². The van der Waals surface area contributed by atoms with Crippen molar-refractivity contribution >= 4 is 17.5 Å². The van der Waals surface area contributed by atoms with Crippen LogP contribution in [0.2, 0.25) is 0 Å². The second-order valence-electron chi connectivity index (χ2n) is 11.4. The van der Waals surface area contributed by atoms with Gasteiger partial charge in [-0.15, -0.1) is 0 Å². The second-order valence-corrected chi connectivity index (χ2v) is 11.4. The van der Waals surface area contributed by atoms with Gasteiger partial charge in [0.05, 0.1) is 19.6 Å². The fraction of sp³-hybridized carbons (Fsp3) is 0.880. The zero-order valence-electron chi connectivity index (χ0n) is 19.3. The van der Waals surface area contributed by atoms with Crippen LogP contribution in [0.5, 0.6) is 0 Å². The van der Waals surface area contributed by atoms with Gasteiger partial charge < -0.3 is 14.2 Å². The van der Waals surface area contributed by atoms with E-state index in [4.69, 9.17) is 14.2 Å². The number of carbonyl (C=O) groups excluding carboxylic acids is 3. The summed E-state index contributed by atoms with van der Waals surface area (Å²) in [6, 6.07) is 0.